The molecule has 2 unspecified atom stereocenters. The van der Waals surface area contributed by atoms with Crippen LogP contribution in [0.1, 0.15) is 476 Å². The molecule has 0 fully saturated rings. The van der Waals surface area contributed by atoms with E-state index in [4.69, 9.17) is 18.9 Å². The molecule has 0 aromatic heterocycles. The summed E-state index contributed by atoms with van der Waals surface area (Å²) in [6.45, 7) is 4.84. The van der Waals surface area contributed by atoms with Gasteiger partial charge in [0.15, 0.2) is 12.4 Å². The minimum Gasteiger partial charge on any atom is -0.545 e. The van der Waals surface area contributed by atoms with Gasteiger partial charge in [0.2, 0.25) is 0 Å². The standard InChI is InChI=1S/C90H173NO8/c1-6-8-10-12-14-16-18-20-22-24-26-28-30-32-34-36-38-40-41-42-43-44-45-46-47-49-50-52-54-56-58-60-62-64-66-68-70-72-74-76-78-80-87(92)97-84-86(85-98-90(89(94)95)96-83-82-91(3,4)5)99-88(93)81-79-77-75-73-71-69-67-65-63-61-59-57-55-53-51-48-39-37-35-33-31-29-27-25-23-21-19-17-15-13-11-9-7-2/h19,21,25,27,86,90H,6-18,20,22-24,26,28-85H2,1-5H3/b21-19-,27-25-. The van der Waals surface area contributed by atoms with Gasteiger partial charge in [0, 0.05) is 12.8 Å². The van der Waals surface area contributed by atoms with Crippen molar-refractivity contribution in [2.45, 2.75) is 489 Å². The van der Waals surface area contributed by atoms with Crippen molar-refractivity contribution in [2.24, 2.45) is 0 Å². The van der Waals surface area contributed by atoms with Gasteiger partial charge < -0.3 is 33.3 Å². The van der Waals surface area contributed by atoms with Crippen LogP contribution in [0.25, 0.3) is 0 Å². The monoisotopic (exact) mass is 1400 g/mol. The van der Waals surface area contributed by atoms with Crippen LogP contribution in [0.4, 0.5) is 0 Å². The Morgan fingerprint density at radius 3 is 0.798 bits per heavy atom. The lowest BCUT2D eigenvalue weighted by molar-refractivity contribution is -0.870. The molecule has 0 aromatic carbocycles. The average molecular weight is 1400 g/mol. The minimum atomic E-state index is -1.62. The van der Waals surface area contributed by atoms with Gasteiger partial charge in [0.1, 0.15) is 13.2 Å². The van der Waals surface area contributed by atoms with Crippen LogP contribution in [0.2, 0.25) is 0 Å². The van der Waals surface area contributed by atoms with Gasteiger partial charge in [-0.1, -0.05) is 443 Å². The number of aliphatic carboxylic acids is 1. The summed E-state index contributed by atoms with van der Waals surface area (Å²) in [5.41, 5.74) is 0. The molecule has 0 amide bonds. The number of hydrogen-bond acceptors (Lipinski definition) is 8. The van der Waals surface area contributed by atoms with Crippen LogP contribution < -0.4 is 5.11 Å². The molecule has 586 valence electrons. The first-order valence-electron chi connectivity index (χ1n) is 44.5. The largest absolute Gasteiger partial charge is 0.545 e. The third-order valence-electron chi connectivity index (χ3n) is 20.7. The number of rotatable bonds is 85. The van der Waals surface area contributed by atoms with Crippen LogP contribution in [0.3, 0.4) is 0 Å². The zero-order valence-electron chi connectivity index (χ0n) is 67.4. The number of carboxylic acids is 1. The van der Waals surface area contributed by atoms with Crippen molar-refractivity contribution in [1.82, 2.24) is 0 Å². The molecule has 0 saturated heterocycles. The fourth-order valence-corrected chi connectivity index (χ4v) is 13.9. The summed E-state index contributed by atoms with van der Waals surface area (Å²) in [6, 6.07) is 0. The molecular formula is C90H173NO8. The lowest BCUT2D eigenvalue weighted by Gasteiger charge is -2.26. The summed E-state index contributed by atoms with van der Waals surface area (Å²) in [7, 11) is 5.96. The number of likely N-dealkylation sites (N-methyl/N-ethyl adjacent to an activating group) is 1. The zero-order valence-corrected chi connectivity index (χ0v) is 67.4. The number of carbonyl (C=O) groups is 3. The molecule has 0 saturated carbocycles. The molecule has 0 bridgehead atoms. The Labute approximate surface area is 618 Å². The molecule has 0 heterocycles. The third-order valence-corrected chi connectivity index (χ3v) is 20.7. The highest BCUT2D eigenvalue weighted by molar-refractivity contribution is 5.70. The molecule has 2 atom stereocenters. The molecule has 0 aliphatic rings. The zero-order chi connectivity index (χ0) is 71.8. The van der Waals surface area contributed by atoms with Gasteiger partial charge in [0.25, 0.3) is 0 Å². The Bertz CT molecular complexity index is 1680. The van der Waals surface area contributed by atoms with E-state index in [-0.39, 0.29) is 32.2 Å². The van der Waals surface area contributed by atoms with E-state index in [1.807, 2.05) is 21.1 Å². The number of unbranched alkanes of at least 4 members (excludes halogenated alkanes) is 66. The summed E-state index contributed by atoms with van der Waals surface area (Å²) in [5, 5.41) is 11.9. The molecule has 9 nitrogen and oxygen atoms in total. The quantitative estimate of drug-likeness (QED) is 0.0195. The fraction of sp³-hybridized carbons (Fsp3) is 0.922. The number of hydrogen-bond donors (Lipinski definition) is 0. The first kappa shape index (κ1) is 96.8. The highest BCUT2D eigenvalue weighted by atomic mass is 16.7. The van der Waals surface area contributed by atoms with Gasteiger partial charge in [-0.15, -0.1) is 0 Å². The summed E-state index contributed by atoms with van der Waals surface area (Å²) in [6.07, 6.45) is 102. The Morgan fingerprint density at radius 2 is 0.545 bits per heavy atom. The topological polar surface area (TPSA) is 111 Å². The second-order valence-electron chi connectivity index (χ2n) is 31.9. The smallest absolute Gasteiger partial charge is 0.306 e. The second-order valence-corrected chi connectivity index (χ2v) is 31.9. The summed E-state index contributed by atoms with van der Waals surface area (Å²) in [5.74, 6) is -2.24. The van der Waals surface area contributed by atoms with E-state index in [2.05, 4.69) is 38.2 Å². The molecule has 0 aromatic rings. The molecule has 0 radical (unpaired) electrons. The lowest BCUT2D eigenvalue weighted by Crippen LogP contribution is -2.44. The number of ether oxygens (including phenoxy) is 4. The van der Waals surface area contributed by atoms with Crippen LogP contribution in [0.15, 0.2) is 24.3 Å². The maximum Gasteiger partial charge on any atom is 0.306 e. The normalized spacial score (nSPS) is 12.6. The van der Waals surface area contributed by atoms with Crippen molar-refractivity contribution < 1.29 is 42.9 Å². The number of nitrogens with zero attached hydrogens (tertiary/aromatic N) is 1. The van der Waals surface area contributed by atoms with E-state index < -0.39 is 24.3 Å². The number of esters is 2. The Kier molecular flexibility index (Phi) is 79.6. The second kappa shape index (κ2) is 81.4. The minimum absolute atomic E-state index is 0.152. The molecule has 99 heavy (non-hydrogen) atoms. The van der Waals surface area contributed by atoms with E-state index in [0.717, 1.165) is 44.9 Å². The molecular weight excluding hydrogens is 1220 g/mol. The molecule has 9 heteroatoms. The Balaban J connectivity index is 3.88. The maximum atomic E-state index is 13.0. The molecule has 0 aliphatic carbocycles. The summed E-state index contributed by atoms with van der Waals surface area (Å²) >= 11 is 0. The Hall–Kier alpha value is -2.23. The van der Waals surface area contributed by atoms with Gasteiger partial charge in [-0.25, -0.2) is 0 Å². The predicted octanol–water partition coefficient (Wildman–Crippen LogP) is 27.5. The van der Waals surface area contributed by atoms with E-state index in [1.165, 1.54) is 405 Å². The van der Waals surface area contributed by atoms with Crippen LogP contribution in [-0.4, -0.2) is 82.3 Å². The molecule has 0 rings (SSSR count). The summed E-state index contributed by atoms with van der Waals surface area (Å²) in [4.78, 5) is 37.7. The maximum absolute atomic E-state index is 13.0. The van der Waals surface area contributed by atoms with Crippen molar-refractivity contribution in [2.75, 3.05) is 47.5 Å². The van der Waals surface area contributed by atoms with Crippen molar-refractivity contribution in [3.05, 3.63) is 24.3 Å². The number of carbonyl (C=O) groups excluding carboxylic acids is 3. The predicted molar refractivity (Wildman–Crippen MR) is 426 cm³/mol. The first-order valence-corrected chi connectivity index (χ1v) is 44.5. The highest BCUT2D eigenvalue weighted by Crippen LogP contribution is 2.21. The highest BCUT2D eigenvalue weighted by Gasteiger charge is 2.22. The fourth-order valence-electron chi connectivity index (χ4n) is 13.9. The van der Waals surface area contributed by atoms with Crippen LogP contribution >= 0.6 is 0 Å². The number of allylic oxidation sites excluding steroid dienone is 4. The average Bonchev–Trinajstić information content (AvgIpc) is 1.57. The SMILES string of the molecule is CCCCCCC/C=C\C/C=C\CCCCCCCCCCCCCCCCCCCCCCCC(=O)OC(COC(=O)CCCCCCCCCCCCCCCCCCCCCCCCCCCCCCCCCCCCCCCCCCC)COC(OCC[N+](C)(C)C)C(=O)[O-]. The lowest BCUT2D eigenvalue weighted by atomic mass is 10.0. The van der Waals surface area contributed by atoms with E-state index >= 15 is 0 Å². The molecule has 0 aliphatic heterocycles. The van der Waals surface area contributed by atoms with Crippen LogP contribution in [-0.2, 0) is 33.3 Å². The van der Waals surface area contributed by atoms with E-state index in [1.54, 1.807) is 0 Å². The van der Waals surface area contributed by atoms with Crippen molar-refractivity contribution >= 4 is 17.9 Å². The van der Waals surface area contributed by atoms with Gasteiger partial charge in [-0.3, -0.25) is 9.59 Å². The van der Waals surface area contributed by atoms with Gasteiger partial charge in [0.05, 0.1) is 40.3 Å². The van der Waals surface area contributed by atoms with Gasteiger partial charge in [-0.2, -0.15) is 0 Å². The number of carboxylic acid groups (broad SMARTS) is 1. The molecule has 0 spiro atoms. The number of quaternary nitrogens is 1. The first-order chi connectivity index (χ1) is 48.6. The van der Waals surface area contributed by atoms with Gasteiger partial charge in [-0.05, 0) is 44.9 Å². The summed E-state index contributed by atoms with van der Waals surface area (Å²) < 4.78 is 22.9. The van der Waals surface area contributed by atoms with Crippen molar-refractivity contribution in [3.8, 4) is 0 Å². The van der Waals surface area contributed by atoms with E-state index in [0.29, 0.717) is 17.4 Å². The van der Waals surface area contributed by atoms with Crippen molar-refractivity contribution in [1.29, 1.82) is 0 Å². The van der Waals surface area contributed by atoms with E-state index in [9.17, 15) is 19.5 Å². The molecule has 0 N–H and O–H groups in total. The van der Waals surface area contributed by atoms with Crippen LogP contribution in [0, 0.1) is 0 Å². The van der Waals surface area contributed by atoms with Gasteiger partial charge >= 0.3 is 11.9 Å². The Morgan fingerprint density at radius 1 is 0.303 bits per heavy atom. The van der Waals surface area contributed by atoms with Crippen LogP contribution in [0.5, 0.6) is 0 Å². The van der Waals surface area contributed by atoms with Crippen molar-refractivity contribution in [3.63, 3.8) is 0 Å². The third kappa shape index (κ3) is 82.9.